The average Bonchev–Trinajstić information content (AvgIpc) is 2.69. The van der Waals surface area contributed by atoms with Crippen LogP contribution >= 0.6 is 0 Å². The summed E-state index contributed by atoms with van der Waals surface area (Å²) in [5, 5.41) is 4.12. The van der Waals surface area contributed by atoms with E-state index in [9.17, 15) is 4.79 Å². The molecule has 1 atom stereocenters. The first-order valence-electron chi connectivity index (χ1n) is 6.94. The van der Waals surface area contributed by atoms with Crippen molar-refractivity contribution in [1.82, 2.24) is 14.9 Å². The zero-order valence-corrected chi connectivity index (χ0v) is 11.2. The maximum Gasteiger partial charge on any atom is 0.261 e. The summed E-state index contributed by atoms with van der Waals surface area (Å²) in [6.07, 6.45) is 5.11. The fourth-order valence-electron chi connectivity index (χ4n) is 2.81. The Labute approximate surface area is 112 Å². The van der Waals surface area contributed by atoms with Gasteiger partial charge in [-0.05, 0) is 37.9 Å². The highest BCUT2D eigenvalue weighted by atomic mass is 16.1. The summed E-state index contributed by atoms with van der Waals surface area (Å²) in [4.78, 5) is 17.1. The van der Waals surface area contributed by atoms with Gasteiger partial charge in [-0.3, -0.25) is 9.36 Å². The Bertz CT molecular complexity index is 639. The Morgan fingerprint density at radius 1 is 1.37 bits per heavy atom. The van der Waals surface area contributed by atoms with Gasteiger partial charge in [-0.15, -0.1) is 0 Å². The Balaban J connectivity index is 2.09. The van der Waals surface area contributed by atoms with Gasteiger partial charge in [0.2, 0.25) is 0 Å². The van der Waals surface area contributed by atoms with Crippen molar-refractivity contribution < 1.29 is 0 Å². The van der Waals surface area contributed by atoms with Gasteiger partial charge in [-0.1, -0.05) is 18.6 Å². The molecule has 2 aromatic rings. The monoisotopic (exact) mass is 257 g/mol. The fraction of sp³-hybridized carbons (Fsp3) is 0.467. The van der Waals surface area contributed by atoms with Crippen LogP contribution in [0.15, 0.2) is 29.3 Å². The molecule has 0 saturated carbocycles. The smallest absolute Gasteiger partial charge is 0.261 e. The first-order valence-corrected chi connectivity index (χ1v) is 6.94. The van der Waals surface area contributed by atoms with Gasteiger partial charge < -0.3 is 5.32 Å². The largest absolute Gasteiger partial charge is 0.315 e. The van der Waals surface area contributed by atoms with E-state index in [2.05, 4.69) is 10.3 Å². The molecule has 0 amide bonds. The van der Waals surface area contributed by atoms with Crippen molar-refractivity contribution in [2.45, 2.75) is 32.2 Å². The van der Waals surface area contributed by atoms with Crippen molar-refractivity contribution >= 4 is 10.9 Å². The highest BCUT2D eigenvalue weighted by Crippen LogP contribution is 2.17. The zero-order chi connectivity index (χ0) is 13.2. The van der Waals surface area contributed by atoms with E-state index in [1.165, 1.54) is 6.42 Å². The molecule has 1 aliphatic heterocycles. The molecule has 4 nitrogen and oxygen atoms in total. The number of hydrogen-bond acceptors (Lipinski definition) is 3. The molecule has 100 valence electrons. The Morgan fingerprint density at radius 3 is 3.16 bits per heavy atom. The molecule has 1 fully saturated rings. The molecule has 0 aliphatic carbocycles. The number of aromatic nitrogens is 2. The third-order valence-electron chi connectivity index (χ3n) is 3.93. The minimum Gasteiger partial charge on any atom is -0.315 e. The maximum absolute atomic E-state index is 12.6. The van der Waals surface area contributed by atoms with Gasteiger partial charge >= 0.3 is 0 Å². The van der Waals surface area contributed by atoms with E-state index >= 15 is 0 Å². The number of fused-ring (bicyclic) bond motifs is 1. The van der Waals surface area contributed by atoms with Crippen LogP contribution in [0.5, 0.6) is 0 Å². The number of rotatable bonds is 1. The van der Waals surface area contributed by atoms with Crippen LogP contribution in [0.3, 0.4) is 0 Å². The molecule has 19 heavy (non-hydrogen) atoms. The van der Waals surface area contributed by atoms with Gasteiger partial charge in [0.05, 0.1) is 23.3 Å². The van der Waals surface area contributed by atoms with Gasteiger partial charge in [0.25, 0.3) is 5.56 Å². The normalized spacial score (nSPS) is 20.4. The Kier molecular flexibility index (Phi) is 3.34. The van der Waals surface area contributed by atoms with Crippen molar-refractivity contribution in [3.63, 3.8) is 0 Å². The summed E-state index contributed by atoms with van der Waals surface area (Å²) in [7, 11) is 0. The highest BCUT2D eigenvalue weighted by Gasteiger charge is 2.16. The standard InChI is InChI=1S/C15H19N3O/c1-11-5-4-7-13-14(11)17-10-18(15(13)19)12-6-2-3-8-16-9-12/h4-5,7,10,12,16H,2-3,6,8-9H2,1H3. The third kappa shape index (κ3) is 2.28. The summed E-state index contributed by atoms with van der Waals surface area (Å²) in [5.74, 6) is 0. The van der Waals surface area contributed by atoms with Crippen LogP contribution in [0, 0.1) is 6.92 Å². The van der Waals surface area contributed by atoms with E-state index in [1.54, 1.807) is 10.9 Å². The molecule has 0 bridgehead atoms. The molecule has 1 aromatic carbocycles. The first-order chi connectivity index (χ1) is 9.27. The van der Waals surface area contributed by atoms with Gasteiger partial charge in [0.15, 0.2) is 0 Å². The van der Waals surface area contributed by atoms with E-state index in [0.29, 0.717) is 0 Å². The average molecular weight is 257 g/mol. The van der Waals surface area contributed by atoms with Crippen molar-refractivity contribution in [3.05, 3.63) is 40.4 Å². The van der Waals surface area contributed by atoms with Crippen molar-refractivity contribution in [1.29, 1.82) is 0 Å². The second-order valence-corrected chi connectivity index (χ2v) is 5.28. The molecular weight excluding hydrogens is 238 g/mol. The van der Waals surface area contributed by atoms with Crippen LogP contribution in [0.25, 0.3) is 10.9 Å². The number of nitrogens with one attached hydrogen (secondary N) is 1. The topological polar surface area (TPSA) is 46.9 Å². The summed E-state index contributed by atoms with van der Waals surface area (Å²) in [5.41, 5.74) is 1.97. The van der Waals surface area contributed by atoms with Gasteiger partial charge in [-0.25, -0.2) is 4.98 Å². The Hall–Kier alpha value is -1.68. The lowest BCUT2D eigenvalue weighted by Crippen LogP contribution is -2.31. The number of para-hydroxylation sites is 1. The second kappa shape index (κ2) is 5.13. The number of hydrogen-bond donors (Lipinski definition) is 1. The lowest BCUT2D eigenvalue weighted by Gasteiger charge is -2.17. The molecule has 0 radical (unpaired) electrons. The van der Waals surface area contributed by atoms with Crippen molar-refractivity contribution in [3.8, 4) is 0 Å². The second-order valence-electron chi connectivity index (χ2n) is 5.28. The summed E-state index contributed by atoms with van der Waals surface area (Å²) >= 11 is 0. The van der Waals surface area contributed by atoms with Crippen LogP contribution in [0.4, 0.5) is 0 Å². The Morgan fingerprint density at radius 2 is 2.26 bits per heavy atom. The maximum atomic E-state index is 12.6. The van der Waals surface area contributed by atoms with Gasteiger partial charge in [0.1, 0.15) is 0 Å². The molecule has 1 aromatic heterocycles. The van der Waals surface area contributed by atoms with Crippen LogP contribution < -0.4 is 10.9 Å². The van der Waals surface area contributed by atoms with E-state index < -0.39 is 0 Å². The van der Waals surface area contributed by atoms with Gasteiger partial charge in [-0.2, -0.15) is 0 Å². The molecule has 1 saturated heterocycles. The van der Waals surface area contributed by atoms with Crippen molar-refractivity contribution in [2.75, 3.05) is 13.1 Å². The van der Waals surface area contributed by atoms with E-state index in [-0.39, 0.29) is 11.6 Å². The van der Waals surface area contributed by atoms with E-state index in [0.717, 1.165) is 42.4 Å². The molecule has 0 spiro atoms. The minimum absolute atomic E-state index is 0.0856. The zero-order valence-electron chi connectivity index (χ0n) is 11.2. The molecule has 1 unspecified atom stereocenters. The van der Waals surface area contributed by atoms with Crippen molar-refractivity contribution in [2.24, 2.45) is 0 Å². The molecule has 3 rings (SSSR count). The predicted octanol–water partition coefficient (Wildman–Crippen LogP) is 2.02. The third-order valence-corrected chi connectivity index (χ3v) is 3.93. The lowest BCUT2D eigenvalue weighted by atomic mass is 10.1. The SMILES string of the molecule is Cc1cccc2c(=O)n(C3CCCCNC3)cnc12. The number of aryl methyl sites for hydroxylation is 1. The molecular formula is C15H19N3O. The molecule has 4 heteroatoms. The predicted molar refractivity (Wildman–Crippen MR) is 76.5 cm³/mol. The molecule has 2 heterocycles. The number of nitrogens with zero attached hydrogens (tertiary/aromatic N) is 2. The summed E-state index contributed by atoms with van der Waals surface area (Å²) in [6, 6.07) is 6.02. The van der Waals surface area contributed by atoms with Crippen LogP contribution in [-0.2, 0) is 0 Å². The van der Waals surface area contributed by atoms with Gasteiger partial charge in [0, 0.05) is 6.54 Å². The van der Waals surface area contributed by atoms with Crippen LogP contribution in [-0.4, -0.2) is 22.6 Å². The quantitative estimate of drug-likeness (QED) is 0.850. The van der Waals surface area contributed by atoms with Crippen LogP contribution in [0.2, 0.25) is 0 Å². The molecule has 1 aliphatic rings. The summed E-state index contributed by atoms with van der Waals surface area (Å²) in [6.45, 7) is 3.90. The highest BCUT2D eigenvalue weighted by molar-refractivity contribution is 5.80. The minimum atomic E-state index is 0.0856. The number of benzene rings is 1. The van der Waals surface area contributed by atoms with Crippen LogP contribution in [0.1, 0.15) is 30.9 Å². The van der Waals surface area contributed by atoms with E-state index in [1.807, 2.05) is 25.1 Å². The molecule has 1 N–H and O–H groups in total. The summed E-state index contributed by atoms with van der Waals surface area (Å²) < 4.78 is 1.81. The fourth-order valence-corrected chi connectivity index (χ4v) is 2.81. The van der Waals surface area contributed by atoms with E-state index in [4.69, 9.17) is 0 Å². The first kappa shape index (κ1) is 12.4. The lowest BCUT2D eigenvalue weighted by molar-refractivity contribution is 0.447.